The van der Waals surface area contributed by atoms with Crippen molar-refractivity contribution in [3.63, 3.8) is 0 Å². The number of halogens is 2. The highest BCUT2D eigenvalue weighted by Gasteiger charge is 2.30. The molecule has 98 valence electrons. The van der Waals surface area contributed by atoms with Crippen LogP contribution in [0.3, 0.4) is 0 Å². The van der Waals surface area contributed by atoms with E-state index in [-0.39, 0.29) is 5.92 Å². The number of hydrogen-bond acceptors (Lipinski definition) is 1. The number of carbonyl (C=O) groups excluding carboxylic acids is 1. The fourth-order valence-electron chi connectivity index (χ4n) is 3.07. The zero-order valence-corrected chi connectivity index (χ0v) is 14.5. The van der Waals surface area contributed by atoms with Gasteiger partial charge in [-0.3, -0.25) is 4.79 Å². The molecular weight excluding hydrogens is 403 g/mol. The molecule has 0 amide bonds. The quantitative estimate of drug-likeness (QED) is 0.468. The van der Waals surface area contributed by atoms with Crippen LogP contribution < -0.4 is 0 Å². The third-order valence-corrected chi connectivity index (χ3v) is 5.11. The minimum atomic E-state index is 0.207. The van der Waals surface area contributed by atoms with Crippen molar-refractivity contribution in [2.24, 2.45) is 17.8 Å². The molecule has 0 spiro atoms. The van der Waals surface area contributed by atoms with Crippen LogP contribution in [-0.4, -0.2) is 5.78 Å². The van der Waals surface area contributed by atoms with Crippen LogP contribution >= 0.6 is 38.5 Å². The molecule has 2 atom stereocenters. The second kappa shape index (κ2) is 6.04. The zero-order chi connectivity index (χ0) is 13.3. The van der Waals surface area contributed by atoms with E-state index in [0.29, 0.717) is 17.6 Å². The third-order valence-electron chi connectivity index (χ3n) is 3.74. The first-order valence-corrected chi connectivity index (χ1v) is 8.33. The van der Waals surface area contributed by atoms with Gasteiger partial charge in [-0.05, 0) is 71.9 Å². The van der Waals surface area contributed by atoms with Crippen LogP contribution in [0.4, 0.5) is 0 Å². The first kappa shape index (κ1) is 14.5. The van der Waals surface area contributed by atoms with Gasteiger partial charge in [0.05, 0.1) is 0 Å². The average molecular weight is 421 g/mol. The Kier molecular flexibility index (Phi) is 4.86. The van der Waals surface area contributed by atoms with E-state index < -0.39 is 0 Å². The molecule has 1 nitrogen and oxygen atoms in total. The fourth-order valence-corrected chi connectivity index (χ4v) is 4.00. The summed E-state index contributed by atoms with van der Waals surface area (Å²) in [5.41, 5.74) is 0.855. The van der Waals surface area contributed by atoms with Crippen molar-refractivity contribution in [2.45, 2.75) is 33.1 Å². The van der Waals surface area contributed by atoms with E-state index >= 15 is 0 Å². The molecule has 0 saturated heterocycles. The Balaban J connectivity index is 2.22. The molecule has 0 radical (unpaired) electrons. The second-order valence-corrected chi connectivity index (χ2v) is 7.70. The molecule has 1 fully saturated rings. The summed E-state index contributed by atoms with van der Waals surface area (Å²) in [6, 6.07) is 6.00. The highest BCUT2D eigenvalue weighted by atomic mass is 127. The van der Waals surface area contributed by atoms with Gasteiger partial charge in [-0.15, -0.1) is 0 Å². The molecule has 0 heterocycles. The Morgan fingerprint density at radius 2 is 1.83 bits per heavy atom. The van der Waals surface area contributed by atoms with E-state index in [2.05, 4.69) is 52.4 Å². The minimum absolute atomic E-state index is 0.207. The van der Waals surface area contributed by atoms with Crippen LogP contribution in [0.2, 0.25) is 0 Å². The molecule has 1 aliphatic carbocycles. The number of carbonyl (C=O) groups is 1. The van der Waals surface area contributed by atoms with E-state index in [1.807, 2.05) is 18.2 Å². The molecule has 2 unspecified atom stereocenters. The molecule has 1 saturated carbocycles. The molecule has 2 rings (SSSR count). The van der Waals surface area contributed by atoms with Gasteiger partial charge in [0.15, 0.2) is 5.78 Å². The minimum Gasteiger partial charge on any atom is -0.294 e. The summed E-state index contributed by atoms with van der Waals surface area (Å²) >= 11 is 5.77. The number of hydrogen-bond donors (Lipinski definition) is 0. The molecule has 0 bridgehead atoms. The van der Waals surface area contributed by atoms with E-state index in [1.54, 1.807) is 0 Å². The van der Waals surface area contributed by atoms with Crippen LogP contribution in [0.5, 0.6) is 0 Å². The predicted molar refractivity (Wildman–Crippen MR) is 86.9 cm³/mol. The summed E-state index contributed by atoms with van der Waals surface area (Å²) in [7, 11) is 0. The summed E-state index contributed by atoms with van der Waals surface area (Å²) < 4.78 is 2.05. The van der Waals surface area contributed by atoms with Gasteiger partial charge in [0.1, 0.15) is 0 Å². The largest absolute Gasteiger partial charge is 0.294 e. The highest BCUT2D eigenvalue weighted by Crippen LogP contribution is 2.36. The van der Waals surface area contributed by atoms with Crippen LogP contribution in [0.1, 0.15) is 43.5 Å². The van der Waals surface area contributed by atoms with Crippen molar-refractivity contribution in [3.05, 3.63) is 31.8 Å². The van der Waals surface area contributed by atoms with Crippen LogP contribution in [0, 0.1) is 21.3 Å². The summed E-state index contributed by atoms with van der Waals surface area (Å²) in [6.07, 6.45) is 3.35. The van der Waals surface area contributed by atoms with Crippen LogP contribution in [-0.2, 0) is 0 Å². The Labute approximate surface area is 131 Å². The molecule has 3 heteroatoms. The van der Waals surface area contributed by atoms with Crippen molar-refractivity contribution in [1.82, 2.24) is 0 Å². The molecule has 0 aromatic heterocycles. The number of ketones is 1. The second-order valence-electron chi connectivity index (χ2n) is 5.60. The van der Waals surface area contributed by atoms with E-state index in [9.17, 15) is 4.79 Å². The molecule has 18 heavy (non-hydrogen) atoms. The maximum Gasteiger partial charge on any atom is 0.167 e. The Morgan fingerprint density at radius 1 is 1.22 bits per heavy atom. The number of benzene rings is 1. The van der Waals surface area contributed by atoms with Crippen LogP contribution in [0.15, 0.2) is 22.7 Å². The van der Waals surface area contributed by atoms with Gasteiger partial charge < -0.3 is 0 Å². The topological polar surface area (TPSA) is 17.1 Å². The maximum atomic E-state index is 12.6. The summed E-state index contributed by atoms with van der Waals surface area (Å²) in [5, 5.41) is 0. The maximum absolute atomic E-state index is 12.6. The van der Waals surface area contributed by atoms with Gasteiger partial charge >= 0.3 is 0 Å². The lowest BCUT2D eigenvalue weighted by molar-refractivity contribution is 0.0835. The lowest BCUT2D eigenvalue weighted by Crippen LogP contribution is -2.26. The monoisotopic (exact) mass is 420 g/mol. The van der Waals surface area contributed by atoms with Gasteiger partial charge in [0, 0.05) is 19.5 Å². The van der Waals surface area contributed by atoms with Gasteiger partial charge in [0.2, 0.25) is 0 Å². The van der Waals surface area contributed by atoms with Crippen molar-refractivity contribution >= 4 is 44.3 Å². The molecule has 0 aliphatic heterocycles. The molecular formula is C15H18BrIO. The lowest BCUT2D eigenvalue weighted by Gasteiger charge is -2.30. The van der Waals surface area contributed by atoms with Gasteiger partial charge in [-0.1, -0.05) is 29.8 Å². The Morgan fingerprint density at radius 3 is 2.44 bits per heavy atom. The standard InChI is InChI=1S/C15H18BrIO/c1-9-5-10(2)7-11(6-9)15(18)13-8-12(17)3-4-14(13)16/h3-4,8-11H,5-7H2,1-2H3. The molecule has 0 N–H and O–H groups in total. The Bertz CT molecular complexity index is 448. The van der Waals surface area contributed by atoms with Crippen molar-refractivity contribution in [1.29, 1.82) is 0 Å². The SMILES string of the molecule is CC1CC(C)CC(C(=O)c2cc(I)ccc2Br)C1. The van der Waals surface area contributed by atoms with E-state index in [4.69, 9.17) is 0 Å². The first-order valence-electron chi connectivity index (χ1n) is 6.46. The normalized spacial score (nSPS) is 28.1. The highest BCUT2D eigenvalue weighted by molar-refractivity contribution is 14.1. The van der Waals surface area contributed by atoms with Gasteiger partial charge in [0.25, 0.3) is 0 Å². The summed E-state index contributed by atoms with van der Waals surface area (Å²) in [5.74, 6) is 1.87. The number of rotatable bonds is 2. The average Bonchev–Trinajstić information content (AvgIpc) is 2.30. The van der Waals surface area contributed by atoms with E-state index in [0.717, 1.165) is 26.4 Å². The molecule has 1 aromatic rings. The van der Waals surface area contributed by atoms with Gasteiger partial charge in [-0.25, -0.2) is 0 Å². The van der Waals surface area contributed by atoms with Crippen molar-refractivity contribution in [3.8, 4) is 0 Å². The lowest BCUT2D eigenvalue weighted by atomic mass is 9.74. The molecule has 1 aliphatic rings. The predicted octanol–water partition coefficient (Wildman–Crippen LogP) is 5.31. The van der Waals surface area contributed by atoms with Gasteiger partial charge in [-0.2, -0.15) is 0 Å². The van der Waals surface area contributed by atoms with E-state index in [1.165, 1.54) is 6.42 Å². The summed E-state index contributed by atoms with van der Waals surface area (Å²) in [4.78, 5) is 12.6. The van der Waals surface area contributed by atoms with Crippen molar-refractivity contribution < 1.29 is 4.79 Å². The summed E-state index contributed by atoms with van der Waals surface area (Å²) in [6.45, 7) is 4.53. The van der Waals surface area contributed by atoms with Crippen molar-refractivity contribution in [2.75, 3.05) is 0 Å². The molecule has 1 aromatic carbocycles. The van der Waals surface area contributed by atoms with Crippen LogP contribution in [0.25, 0.3) is 0 Å². The zero-order valence-electron chi connectivity index (χ0n) is 10.7. The smallest absolute Gasteiger partial charge is 0.167 e. The third kappa shape index (κ3) is 3.35. The number of Topliss-reactive ketones (excluding diaryl/α,β-unsaturated/α-hetero) is 1. The Hall–Kier alpha value is 0.1000. The fraction of sp³-hybridized carbons (Fsp3) is 0.533. The first-order chi connectivity index (χ1) is 8.47.